The zero-order valence-electron chi connectivity index (χ0n) is 35.0. The van der Waals surface area contributed by atoms with Gasteiger partial charge in [-0.15, -0.1) is 0 Å². The first-order chi connectivity index (χ1) is 31.7. The molecule has 0 spiro atoms. The van der Waals surface area contributed by atoms with Crippen LogP contribution in [0, 0.1) is 0 Å². The number of anilines is 3. The van der Waals surface area contributed by atoms with E-state index < -0.39 is 0 Å². The maximum atomic E-state index is 2.46. The minimum atomic E-state index is 1.11. The normalized spacial score (nSPS) is 11.8. The van der Waals surface area contributed by atoms with E-state index in [2.05, 4.69) is 252 Å². The van der Waals surface area contributed by atoms with E-state index in [0.29, 0.717) is 0 Å². The van der Waals surface area contributed by atoms with Crippen molar-refractivity contribution in [3.63, 3.8) is 0 Å². The van der Waals surface area contributed by atoms with Gasteiger partial charge >= 0.3 is 0 Å². The van der Waals surface area contributed by atoms with Gasteiger partial charge < -0.3 is 9.47 Å². The Morgan fingerprint density at radius 2 is 0.734 bits per heavy atom. The summed E-state index contributed by atoms with van der Waals surface area (Å²) in [4.78, 5) is 2.36. The molecule has 0 saturated heterocycles. The van der Waals surface area contributed by atoms with Crippen LogP contribution in [0.3, 0.4) is 0 Å². The molecule has 64 heavy (non-hydrogen) atoms. The molecule has 0 atom stereocenters. The third kappa shape index (κ3) is 5.88. The second kappa shape index (κ2) is 14.6. The fourth-order valence-corrected chi connectivity index (χ4v) is 10.2. The Kier molecular flexibility index (Phi) is 8.25. The van der Waals surface area contributed by atoms with Crippen LogP contribution in [-0.4, -0.2) is 4.57 Å². The van der Waals surface area contributed by atoms with Gasteiger partial charge in [-0.05, 0) is 143 Å². The molecule has 0 N–H and O–H groups in total. The van der Waals surface area contributed by atoms with E-state index in [4.69, 9.17) is 0 Å². The van der Waals surface area contributed by atoms with E-state index in [1.54, 1.807) is 0 Å². The van der Waals surface area contributed by atoms with Crippen LogP contribution in [0.1, 0.15) is 0 Å². The third-order valence-electron chi connectivity index (χ3n) is 13.3. The van der Waals surface area contributed by atoms with Crippen molar-refractivity contribution in [1.29, 1.82) is 0 Å². The second-order valence-corrected chi connectivity index (χ2v) is 16.9. The summed E-state index contributed by atoms with van der Waals surface area (Å²) in [5, 5.41) is 12.8. The molecule has 13 rings (SSSR count). The van der Waals surface area contributed by atoms with Crippen molar-refractivity contribution < 1.29 is 0 Å². The maximum absolute atomic E-state index is 2.46. The summed E-state index contributed by atoms with van der Waals surface area (Å²) in [5.74, 6) is 0. The molecule has 0 unspecified atom stereocenters. The fraction of sp³-hybridized carbons (Fsp3) is 0. The van der Waals surface area contributed by atoms with Gasteiger partial charge in [0.15, 0.2) is 0 Å². The molecule has 0 saturated carbocycles. The Morgan fingerprint density at radius 3 is 1.41 bits per heavy atom. The lowest BCUT2D eigenvalue weighted by Gasteiger charge is -2.26. The summed E-state index contributed by atoms with van der Waals surface area (Å²) >= 11 is 0. The Morgan fingerprint density at radius 1 is 0.250 bits per heavy atom. The summed E-state index contributed by atoms with van der Waals surface area (Å²) < 4.78 is 2.46. The van der Waals surface area contributed by atoms with E-state index in [-0.39, 0.29) is 0 Å². The van der Waals surface area contributed by atoms with Crippen LogP contribution in [0.5, 0.6) is 0 Å². The van der Waals surface area contributed by atoms with E-state index in [1.807, 2.05) is 0 Å². The highest BCUT2D eigenvalue weighted by atomic mass is 15.1. The summed E-state index contributed by atoms with van der Waals surface area (Å²) in [6.45, 7) is 0. The lowest BCUT2D eigenvalue weighted by Crippen LogP contribution is -2.09. The van der Waals surface area contributed by atoms with Gasteiger partial charge in [-0.25, -0.2) is 0 Å². The van der Waals surface area contributed by atoms with Crippen LogP contribution in [0.25, 0.3) is 104 Å². The fourth-order valence-electron chi connectivity index (χ4n) is 10.2. The first-order valence-corrected chi connectivity index (χ1v) is 22.1. The van der Waals surface area contributed by atoms with E-state index in [1.165, 1.54) is 98.3 Å². The Balaban J connectivity index is 0.926. The highest BCUT2D eigenvalue weighted by molar-refractivity contribution is 6.33. The van der Waals surface area contributed by atoms with Crippen molar-refractivity contribution in [2.24, 2.45) is 0 Å². The molecule has 0 amide bonds. The Hall–Kier alpha value is -8.46. The molecular formula is C62H40N2. The number of para-hydroxylation sites is 1. The SMILES string of the molecule is c1ccc(-c2ccc(N(c3ccc(-c4ccccc4)cc3)c3ccc4cc(-c5ccc6c7c8ccc9cccc%10ccc(cc7n(-c7ccccc7)c6c5)c8c%109)ccc4c3)cc2)cc1. The highest BCUT2D eigenvalue weighted by Crippen LogP contribution is 2.45. The second-order valence-electron chi connectivity index (χ2n) is 16.9. The number of rotatable bonds is 7. The topological polar surface area (TPSA) is 8.17 Å². The van der Waals surface area contributed by atoms with Crippen molar-refractivity contribution in [2.45, 2.75) is 0 Å². The molecule has 0 aliphatic heterocycles. The molecule has 0 aliphatic carbocycles. The van der Waals surface area contributed by atoms with E-state index >= 15 is 0 Å². The van der Waals surface area contributed by atoms with Gasteiger partial charge in [0, 0.05) is 33.5 Å². The predicted octanol–water partition coefficient (Wildman–Crippen LogP) is 17.3. The standard InChI is InChI=1S/C62H40N2/c1-4-11-41(12-5-1)43-23-30-53(31-24-43)63(54-32-25-44(26-33-54)42-13-6-2-7-14-42)55-34-27-48-37-47(20-21-49(48)38-55)50-29-35-56-58(39-50)64(52-17-8-3-9-18-52)59-40-51-22-19-45-15-10-16-46-28-36-57(62(56)59)61(51)60(45)46/h1-40H. The van der Waals surface area contributed by atoms with Gasteiger partial charge in [0.25, 0.3) is 0 Å². The molecule has 0 bridgehead atoms. The first kappa shape index (κ1) is 36.2. The van der Waals surface area contributed by atoms with Crippen LogP contribution in [0.4, 0.5) is 17.1 Å². The lowest BCUT2D eigenvalue weighted by molar-refractivity contribution is 1.18. The van der Waals surface area contributed by atoms with Crippen molar-refractivity contribution in [2.75, 3.05) is 4.90 Å². The largest absolute Gasteiger partial charge is 0.310 e. The summed E-state index contributed by atoms with van der Waals surface area (Å²) in [6.07, 6.45) is 0. The van der Waals surface area contributed by atoms with Gasteiger partial charge in [-0.3, -0.25) is 0 Å². The number of benzene rings is 12. The maximum Gasteiger partial charge on any atom is 0.0553 e. The Labute approximate surface area is 371 Å². The zero-order chi connectivity index (χ0) is 42.1. The Bertz CT molecular complexity index is 3750. The first-order valence-electron chi connectivity index (χ1n) is 22.1. The van der Waals surface area contributed by atoms with Gasteiger partial charge in [-0.1, -0.05) is 176 Å². The minimum Gasteiger partial charge on any atom is -0.310 e. The average Bonchev–Trinajstić information content (AvgIpc) is 3.70. The van der Waals surface area contributed by atoms with Crippen molar-refractivity contribution >= 4 is 82.0 Å². The number of hydrogen-bond donors (Lipinski definition) is 0. The van der Waals surface area contributed by atoms with Crippen molar-refractivity contribution in [3.8, 4) is 39.1 Å². The number of hydrogen-bond acceptors (Lipinski definition) is 1. The van der Waals surface area contributed by atoms with Crippen LogP contribution in [0.2, 0.25) is 0 Å². The molecule has 2 heteroatoms. The third-order valence-corrected chi connectivity index (χ3v) is 13.3. The number of aromatic nitrogens is 1. The summed E-state index contributed by atoms with van der Waals surface area (Å²) in [7, 11) is 0. The quantitative estimate of drug-likeness (QED) is 0.146. The molecule has 12 aromatic carbocycles. The van der Waals surface area contributed by atoms with Gasteiger partial charge in [-0.2, -0.15) is 0 Å². The number of fused-ring (bicyclic) bond motifs is 5. The van der Waals surface area contributed by atoms with Crippen LogP contribution < -0.4 is 4.90 Å². The predicted molar refractivity (Wildman–Crippen MR) is 273 cm³/mol. The molecule has 298 valence electrons. The molecule has 1 heterocycles. The molecular weight excluding hydrogens is 773 g/mol. The van der Waals surface area contributed by atoms with Gasteiger partial charge in [0.1, 0.15) is 0 Å². The van der Waals surface area contributed by atoms with Crippen LogP contribution in [0.15, 0.2) is 243 Å². The van der Waals surface area contributed by atoms with Gasteiger partial charge in [0.05, 0.1) is 11.0 Å². The molecule has 0 fully saturated rings. The van der Waals surface area contributed by atoms with E-state index in [9.17, 15) is 0 Å². The minimum absolute atomic E-state index is 1.11. The highest BCUT2D eigenvalue weighted by Gasteiger charge is 2.20. The van der Waals surface area contributed by atoms with Crippen molar-refractivity contribution in [1.82, 2.24) is 4.57 Å². The molecule has 0 radical (unpaired) electrons. The summed E-state index contributed by atoms with van der Waals surface area (Å²) in [5.41, 5.74) is 14.1. The number of nitrogens with zero attached hydrogens (tertiary/aromatic N) is 2. The molecule has 0 aliphatic rings. The smallest absolute Gasteiger partial charge is 0.0553 e. The molecule has 2 nitrogen and oxygen atoms in total. The van der Waals surface area contributed by atoms with Gasteiger partial charge in [0.2, 0.25) is 0 Å². The molecule has 13 aromatic rings. The lowest BCUT2D eigenvalue weighted by atomic mass is 9.92. The monoisotopic (exact) mass is 812 g/mol. The zero-order valence-corrected chi connectivity index (χ0v) is 35.0. The van der Waals surface area contributed by atoms with E-state index in [0.717, 1.165) is 22.7 Å². The van der Waals surface area contributed by atoms with Crippen LogP contribution >= 0.6 is 0 Å². The molecule has 1 aromatic heterocycles. The van der Waals surface area contributed by atoms with Crippen LogP contribution in [-0.2, 0) is 0 Å². The average molecular weight is 813 g/mol. The van der Waals surface area contributed by atoms with Crippen molar-refractivity contribution in [3.05, 3.63) is 243 Å². The summed E-state index contributed by atoms with van der Waals surface area (Å²) in [6, 6.07) is 88.9.